The molecule has 0 saturated heterocycles. The van der Waals surface area contributed by atoms with Gasteiger partial charge in [-0.2, -0.15) is 18.6 Å². The van der Waals surface area contributed by atoms with Gasteiger partial charge in [0.05, 0.1) is 41.6 Å². The summed E-state index contributed by atoms with van der Waals surface area (Å²) in [6.07, 6.45) is 7.47. The van der Waals surface area contributed by atoms with Crippen LogP contribution in [0.4, 0.5) is 4.39 Å². The van der Waals surface area contributed by atoms with Crippen LogP contribution in [0.15, 0.2) is 99.7 Å². The van der Waals surface area contributed by atoms with Crippen LogP contribution in [0.3, 0.4) is 0 Å². The molecule has 0 spiro atoms. The van der Waals surface area contributed by atoms with E-state index in [1.807, 2.05) is 97.0 Å². The minimum Gasteiger partial charge on any atom is -0.485 e. The van der Waals surface area contributed by atoms with Crippen molar-refractivity contribution >= 4 is 33.3 Å². The van der Waals surface area contributed by atoms with Crippen LogP contribution in [0.1, 0.15) is 95.0 Å². The fourth-order valence-corrected chi connectivity index (χ4v) is 7.02. The predicted molar refractivity (Wildman–Crippen MR) is 235 cm³/mol. The summed E-state index contributed by atoms with van der Waals surface area (Å²) >= 11 is 12.3. The number of rotatable bonds is 17. The summed E-state index contributed by atoms with van der Waals surface area (Å²) < 4.78 is 55.7. The van der Waals surface area contributed by atoms with Crippen molar-refractivity contribution in [2.45, 2.75) is 116 Å². The van der Waals surface area contributed by atoms with Gasteiger partial charge in [-0.25, -0.2) is 9.36 Å². The highest BCUT2D eigenvalue weighted by molar-refractivity contribution is 7.86. The number of aryl methyl sites for hydroxylation is 3. The zero-order chi connectivity index (χ0) is 44.1. The van der Waals surface area contributed by atoms with Gasteiger partial charge in [0.1, 0.15) is 13.2 Å². The second-order valence-corrected chi connectivity index (χ2v) is 18.7. The van der Waals surface area contributed by atoms with E-state index in [1.54, 1.807) is 24.3 Å². The van der Waals surface area contributed by atoms with Crippen molar-refractivity contribution in [1.82, 2.24) is 19.6 Å². The number of unbranched alkanes of at least 4 members (excludes halogenated alkanes) is 2. The molecular formula is C45H55Cl2FN4O7S. The minimum atomic E-state index is -3.72. The first kappa shape index (κ1) is 48.1. The lowest BCUT2D eigenvalue weighted by molar-refractivity contribution is 0.292. The van der Waals surface area contributed by atoms with Crippen LogP contribution in [0, 0.1) is 6.92 Å². The fraction of sp³-hybridized carbons (Fsp3) is 0.422. The minimum absolute atomic E-state index is 0.0122. The van der Waals surface area contributed by atoms with E-state index < -0.39 is 21.2 Å². The molecule has 0 aliphatic heterocycles. The van der Waals surface area contributed by atoms with Crippen molar-refractivity contribution < 1.29 is 26.5 Å². The van der Waals surface area contributed by atoms with Crippen molar-refractivity contribution in [3.8, 4) is 11.5 Å². The van der Waals surface area contributed by atoms with Gasteiger partial charge in [-0.1, -0.05) is 89.4 Å². The van der Waals surface area contributed by atoms with Crippen molar-refractivity contribution in [2.24, 2.45) is 0 Å². The zero-order valence-corrected chi connectivity index (χ0v) is 37.7. The first-order valence-corrected chi connectivity index (χ1v) is 22.0. The molecule has 0 radical (unpaired) electrons. The SMILES string of the molecule is CC(C)(C)n1ncc(OCc2ccc(CCCC[18F])cc2)c(Cl)c1=O.Cc1ccc(S(=O)(=O)OCCCCc2ccc(COc3cnn(C(C)(C)C)c(=O)c3Cl)cc2)cc1. The van der Waals surface area contributed by atoms with Gasteiger partial charge in [-0.15, -0.1) is 0 Å². The lowest BCUT2D eigenvalue weighted by Crippen LogP contribution is -2.36. The van der Waals surface area contributed by atoms with Gasteiger partial charge in [0.15, 0.2) is 21.5 Å². The van der Waals surface area contributed by atoms with Crippen LogP contribution in [0.2, 0.25) is 10.0 Å². The molecule has 11 nitrogen and oxygen atoms in total. The third-order valence-corrected chi connectivity index (χ3v) is 11.2. The highest BCUT2D eigenvalue weighted by Gasteiger charge is 2.21. The summed E-state index contributed by atoms with van der Waals surface area (Å²) in [5.74, 6) is 0.529. The van der Waals surface area contributed by atoms with Crippen molar-refractivity contribution in [1.29, 1.82) is 0 Å². The van der Waals surface area contributed by atoms with Gasteiger partial charge < -0.3 is 9.47 Å². The number of halogens is 3. The van der Waals surface area contributed by atoms with Crippen LogP contribution < -0.4 is 20.6 Å². The monoisotopic (exact) mass is 883 g/mol. The number of alkyl halides is 1. The maximum Gasteiger partial charge on any atom is 0.296 e. The molecule has 0 fully saturated rings. The Bertz CT molecular complexity index is 2370. The number of nitrogens with zero attached hydrogens (tertiary/aromatic N) is 4. The van der Waals surface area contributed by atoms with Crippen LogP contribution >= 0.6 is 23.2 Å². The highest BCUT2D eigenvalue weighted by Crippen LogP contribution is 2.24. The summed E-state index contributed by atoms with van der Waals surface area (Å²) in [4.78, 5) is 24.9. The third kappa shape index (κ3) is 14.3. The maximum absolute atomic E-state index is 12.4. The van der Waals surface area contributed by atoms with E-state index >= 15 is 0 Å². The summed E-state index contributed by atoms with van der Waals surface area (Å²) in [6.45, 7) is 13.6. The topological polar surface area (TPSA) is 132 Å². The molecule has 5 aromatic rings. The molecule has 2 aromatic heterocycles. The Kier molecular flexibility index (Phi) is 17.5. The average Bonchev–Trinajstić information content (AvgIpc) is 3.19. The molecule has 0 atom stereocenters. The van der Waals surface area contributed by atoms with Crippen LogP contribution in [-0.2, 0) is 51.4 Å². The van der Waals surface area contributed by atoms with Crippen LogP contribution in [0.25, 0.3) is 0 Å². The summed E-state index contributed by atoms with van der Waals surface area (Å²) in [7, 11) is -3.72. The Balaban J connectivity index is 0.000000280. The van der Waals surface area contributed by atoms with E-state index in [9.17, 15) is 22.4 Å². The molecule has 0 bridgehead atoms. The number of benzene rings is 3. The Labute approximate surface area is 362 Å². The van der Waals surface area contributed by atoms with Gasteiger partial charge in [0.25, 0.3) is 21.2 Å². The molecule has 5 rings (SSSR count). The first-order chi connectivity index (χ1) is 28.3. The van der Waals surface area contributed by atoms with Gasteiger partial charge in [0.2, 0.25) is 0 Å². The van der Waals surface area contributed by atoms with Crippen molar-refractivity contribution in [3.05, 3.63) is 144 Å². The summed E-state index contributed by atoms with van der Waals surface area (Å²) in [5.41, 5.74) is 3.51. The van der Waals surface area contributed by atoms with E-state index in [0.29, 0.717) is 19.4 Å². The smallest absolute Gasteiger partial charge is 0.296 e. The molecule has 3 aromatic carbocycles. The second-order valence-electron chi connectivity index (χ2n) is 16.3. The largest absolute Gasteiger partial charge is 0.485 e. The van der Waals surface area contributed by atoms with Crippen LogP contribution in [0.5, 0.6) is 11.5 Å². The number of ether oxygens (including phenoxy) is 2. The first-order valence-electron chi connectivity index (χ1n) is 19.8. The fourth-order valence-electron chi connectivity index (χ4n) is 5.72. The Morgan fingerprint density at radius 2 is 1.02 bits per heavy atom. The Morgan fingerprint density at radius 3 is 1.42 bits per heavy atom. The van der Waals surface area contributed by atoms with E-state index in [4.69, 9.17) is 36.9 Å². The van der Waals surface area contributed by atoms with E-state index in [-0.39, 0.29) is 57.4 Å². The lowest BCUT2D eigenvalue weighted by Gasteiger charge is -2.21. The quantitative estimate of drug-likeness (QED) is 0.0662. The molecule has 324 valence electrons. The molecule has 0 amide bonds. The van der Waals surface area contributed by atoms with Gasteiger partial charge in [0, 0.05) is 0 Å². The van der Waals surface area contributed by atoms with E-state index in [2.05, 4.69) is 10.2 Å². The molecular weight excluding hydrogens is 829 g/mol. The summed E-state index contributed by atoms with van der Waals surface area (Å²) in [6, 6.07) is 22.4. The normalized spacial score (nSPS) is 11.8. The molecule has 0 aliphatic rings. The van der Waals surface area contributed by atoms with E-state index in [1.165, 1.54) is 27.3 Å². The number of hydrogen-bond acceptors (Lipinski definition) is 9. The van der Waals surface area contributed by atoms with Gasteiger partial charge in [-0.3, -0.25) is 18.2 Å². The average molecular weight is 885 g/mol. The van der Waals surface area contributed by atoms with Gasteiger partial charge in [-0.05, 0) is 121 Å². The Hall–Kier alpha value is -4.56. The van der Waals surface area contributed by atoms with Crippen molar-refractivity contribution in [3.63, 3.8) is 0 Å². The predicted octanol–water partition coefficient (Wildman–Crippen LogP) is 9.79. The molecule has 0 unspecified atom stereocenters. The molecule has 0 saturated carbocycles. The Morgan fingerprint density at radius 1 is 0.617 bits per heavy atom. The van der Waals surface area contributed by atoms with E-state index in [0.717, 1.165) is 47.9 Å². The maximum atomic E-state index is 12.4. The standard InChI is InChI=1S/C26H31ClN2O5S.C19H24ClFN2O2/c1-19-8-14-22(15-9-19)35(31,32)34-16-6-5-7-20-10-12-21(13-11-20)18-33-23-17-28-29(26(2,3)4)25(30)24(23)27;1-19(2,3)23-18(24)17(20)16(12-22-23)25-13-15-9-7-14(8-10-15)6-4-5-11-21/h8-15,17H,5-7,16,18H2,1-4H3;7-10,12H,4-6,11,13H2,1-3H3/i;21-1. The lowest BCUT2D eigenvalue weighted by atomic mass is 10.1. The highest BCUT2D eigenvalue weighted by atomic mass is 35.5. The third-order valence-electron chi connectivity index (χ3n) is 9.14. The number of aromatic nitrogens is 4. The molecule has 15 heteroatoms. The second kappa shape index (κ2) is 21.8. The molecule has 0 aliphatic carbocycles. The van der Waals surface area contributed by atoms with Gasteiger partial charge >= 0.3 is 0 Å². The van der Waals surface area contributed by atoms with Crippen molar-refractivity contribution in [2.75, 3.05) is 13.3 Å². The summed E-state index contributed by atoms with van der Waals surface area (Å²) in [5, 5.41) is 8.36. The molecule has 2 heterocycles. The molecule has 0 N–H and O–H groups in total. The molecule has 60 heavy (non-hydrogen) atoms. The van der Waals surface area contributed by atoms with Crippen LogP contribution in [-0.4, -0.2) is 41.3 Å². The number of hydrogen-bond donors (Lipinski definition) is 0. The zero-order valence-electron chi connectivity index (χ0n) is 35.3.